The average molecular weight is 348 g/mol. The topological polar surface area (TPSA) is 76.1 Å². The van der Waals surface area contributed by atoms with Crippen molar-refractivity contribution < 1.29 is 9.53 Å². The molecule has 6 nitrogen and oxygen atoms in total. The smallest absolute Gasteiger partial charge is 0.271 e. The van der Waals surface area contributed by atoms with Gasteiger partial charge in [-0.15, -0.1) is 0 Å². The van der Waals surface area contributed by atoms with E-state index in [0.717, 1.165) is 17.9 Å². The van der Waals surface area contributed by atoms with E-state index in [1.807, 2.05) is 54.6 Å². The first kappa shape index (κ1) is 17.4. The number of amides is 1. The normalized spacial score (nSPS) is 10.2. The molecule has 0 aliphatic heterocycles. The second kappa shape index (κ2) is 8.62. The van der Waals surface area contributed by atoms with Crippen molar-refractivity contribution >= 4 is 17.4 Å². The van der Waals surface area contributed by atoms with Crippen molar-refractivity contribution in [2.75, 3.05) is 19.0 Å². The fourth-order valence-corrected chi connectivity index (χ4v) is 2.41. The number of aromatic nitrogens is 2. The third-order valence-corrected chi connectivity index (χ3v) is 3.77. The maximum atomic E-state index is 12.1. The standard InChI is InChI=1S/C20H20N4O2/c1-26-17-9-5-8-16(12-17)24-19-14-22-18(13-23-19)20(25)21-11-10-15-6-3-2-4-7-15/h2-9,12-14H,10-11H2,1H3,(H,21,25)(H,23,24). The molecular weight excluding hydrogens is 328 g/mol. The van der Waals surface area contributed by atoms with Crippen molar-refractivity contribution in [1.29, 1.82) is 0 Å². The molecule has 6 heteroatoms. The summed E-state index contributed by atoms with van der Waals surface area (Å²) in [4.78, 5) is 20.6. The van der Waals surface area contributed by atoms with Crippen LogP contribution in [0.1, 0.15) is 16.1 Å². The lowest BCUT2D eigenvalue weighted by Crippen LogP contribution is -2.26. The highest BCUT2D eigenvalue weighted by Crippen LogP contribution is 2.19. The maximum absolute atomic E-state index is 12.1. The van der Waals surface area contributed by atoms with Gasteiger partial charge in [0.05, 0.1) is 19.5 Å². The summed E-state index contributed by atoms with van der Waals surface area (Å²) >= 11 is 0. The second-order valence-corrected chi connectivity index (χ2v) is 5.64. The summed E-state index contributed by atoms with van der Waals surface area (Å²) in [7, 11) is 1.62. The van der Waals surface area contributed by atoms with Gasteiger partial charge in [0.2, 0.25) is 0 Å². The Morgan fingerprint density at radius 1 is 1.04 bits per heavy atom. The molecule has 26 heavy (non-hydrogen) atoms. The van der Waals surface area contributed by atoms with E-state index in [1.165, 1.54) is 18.0 Å². The van der Waals surface area contributed by atoms with Gasteiger partial charge in [-0.3, -0.25) is 4.79 Å². The second-order valence-electron chi connectivity index (χ2n) is 5.64. The van der Waals surface area contributed by atoms with E-state index in [0.29, 0.717) is 12.4 Å². The van der Waals surface area contributed by atoms with Crippen LogP contribution in [0.2, 0.25) is 0 Å². The third kappa shape index (κ3) is 4.80. The molecule has 3 rings (SSSR count). The zero-order valence-corrected chi connectivity index (χ0v) is 14.5. The van der Waals surface area contributed by atoms with E-state index in [2.05, 4.69) is 20.6 Å². The van der Waals surface area contributed by atoms with Gasteiger partial charge < -0.3 is 15.4 Å². The summed E-state index contributed by atoms with van der Waals surface area (Å²) in [6.07, 6.45) is 3.77. The number of hydrogen-bond donors (Lipinski definition) is 2. The Kier molecular flexibility index (Phi) is 5.77. The van der Waals surface area contributed by atoms with Crippen LogP contribution in [0.5, 0.6) is 5.75 Å². The van der Waals surface area contributed by atoms with Gasteiger partial charge >= 0.3 is 0 Å². The molecule has 0 unspecified atom stereocenters. The number of anilines is 2. The van der Waals surface area contributed by atoms with Crippen LogP contribution in [-0.4, -0.2) is 29.5 Å². The van der Waals surface area contributed by atoms with Gasteiger partial charge in [-0.25, -0.2) is 9.97 Å². The van der Waals surface area contributed by atoms with E-state index in [1.54, 1.807) is 7.11 Å². The van der Waals surface area contributed by atoms with Crippen LogP contribution in [0.25, 0.3) is 0 Å². The van der Waals surface area contributed by atoms with E-state index in [9.17, 15) is 4.79 Å². The number of carbonyl (C=O) groups is 1. The van der Waals surface area contributed by atoms with Crippen LogP contribution < -0.4 is 15.4 Å². The lowest BCUT2D eigenvalue weighted by Gasteiger charge is -2.08. The SMILES string of the molecule is COc1cccc(Nc2cnc(C(=O)NCCc3ccccc3)cn2)c1. The molecule has 0 bridgehead atoms. The van der Waals surface area contributed by atoms with Gasteiger partial charge in [0.25, 0.3) is 5.91 Å². The number of carbonyl (C=O) groups excluding carboxylic acids is 1. The third-order valence-electron chi connectivity index (χ3n) is 3.77. The number of nitrogens with zero attached hydrogens (tertiary/aromatic N) is 2. The number of hydrogen-bond acceptors (Lipinski definition) is 5. The molecule has 0 saturated heterocycles. The zero-order valence-electron chi connectivity index (χ0n) is 14.5. The van der Waals surface area contributed by atoms with Crippen molar-refractivity contribution in [3.8, 4) is 5.75 Å². The number of nitrogens with one attached hydrogen (secondary N) is 2. The van der Waals surface area contributed by atoms with E-state index in [-0.39, 0.29) is 11.6 Å². The van der Waals surface area contributed by atoms with Crippen LogP contribution >= 0.6 is 0 Å². The van der Waals surface area contributed by atoms with E-state index in [4.69, 9.17) is 4.74 Å². The molecule has 2 N–H and O–H groups in total. The Morgan fingerprint density at radius 3 is 2.62 bits per heavy atom. The molecule has 0 aliphatic carbocycles. The molecule has 0 spiro atoms. The molecule has 2 aromatic carbocycles. The molecule has 0 aliphatic rings. The Morgan fingerprint density at radius 2 is 1.88 bits per heavy atom. The van der Waals surface area contributed by atoms with E-state index < -0.39 is 0 Å². The number of rotatable bonds is 7. The van der Waals surface area contributed by atoms with Gasteiger partial charge in [-0.05, 0) is 24.1 Å². The van der Waals surface area contributed by atoms with Crippen LogP contribution in [-0.2, 0) is 6.42 Å². The zero-order chi connectivity index (χ0) is 18.2. The molecule has 132 valence electrons. The number of ether oxygens (including phenoxy) is 1. The van der Waals surface area contributed by atoms with Crippen molar-refractivity contribution in [3.63, 3.8) is 0 Å². The summed E-state index contributed by atoms with van der Waals surface area (Å²) < 4.78 is 5.18. The van der Waals surface area contributed by atoms with Crippen molar-refractivity contribution in [3.05, 3.63) is 78.2 Å². The number of methoxy groups -OCH3 is 1. The Hall–Kier alpha value is -3.41. The molecule has 1 heterocycles. The minimum Gasteiger partial charge on any atom is -0.497 e. The summed E-state index contributed by atoms with van der Waals surface area (Å²) in [5.74, 6) is 1.07. The van der Waals surface area contributed by atoms with Crippen LogP contribution in [0.15, 0.2) is 67.0 Å². The first-order valence-corrected chi connectivity index (χ1v) is 8.30. The maximum Gasteiger partial charge on any atom is 0.271 e. The quantitative estimate of drug-likeness (QED) is 0.686. The minimum absolute atomic E-state index is 0.235. The van der Waals surface area contributed by atoms with Gasteiger partial charge in [-0.1, -0.05) is 36.4 Å². The van der Waals surface area contributed by atoms with Crippen molar-refractivity contribution in [2.24, 2.45) is 0 Å². The lowest BCUT2D eigenvalue weighted by molar-refractivity contribution is 0.0949. The molecule has 3 aromatic rings. The van der Waals surface area contributed by atoms with Crippen LogP contribution in [0.4, 0.5) is 11.5 Å². The molecule has 0 atom stereocenters. The first-order chi connectivity index (χ1) is 12.7. The van der Waals surface area contributed by atoms with Gasteiger partial charge in [-0.2, -0.15) is 0 Å². The summed E-state index contributed by atoms with van der Waals surface area (Å²) in [5.41, 5.74) is 2.30. The fraction of sp³-hybridized carbons (Fsp3) is 0.150. The highest BCUT2D eigenvalue weighted by atomic mass is 16.5. The summed E-state index contributed by atoms with van der Waals surface area (Å²) in [6, 6.07) is 17.5. The highest BCUT2D eigenvalue weighted by molar-refractivity contribution is 5.92. The molecule has 0 radical (unpaired) electrons. The highest BCUT2D eigenvalue weighted by Gasteiger charge is 2.08. The predicted molar refractivity (Wildman–Crippen MR) is 101 cm³/mol. The summed E-state index contributed by atoms with van der Waals surface area (Å²) in [5, 5.41) is 5.98. The van der Waals surface area contributed by atoms with Crippen molar-refractivity contribution in [2.45, 2.75) is 6.42 Å². The minimum atomic E-state index is -0.235. The van der Waals surface area contributed by atoms with Gasteiger partial charge in [0.1, 0.15) is 17.3 Å². The first-order valence-electron chi connectivity index (χ1n) is 8.30. The van der Waals surface area contributed by atoms with Gasteiger partial charge in [0.15, 0.2) is 0 Å². The Bertz CT molecular complexity index is 851. The molecule has 0 saturated carbocycles. The lowest BCUT2D eigenvalue weighted by atomic mass is 10.1. The van der Waals surface area contributed by atoms with Gasteiger partial charge in [0, 0.05) is 18.3 Å². The molecule has 1 aromatic heterocycles. The van der Waals surface area contributed by atoms with Crippen LogP contribution in [0, 0.1) is 0 Å². The molecule has 1 amide bonds. The van der Waals surface area contributed by atoms with Crippen molar-refractivity contribution in [1.82, 2.24) is 15.3 Å². The molecule has 0 fully saturated rings. The Balaban J connectivity index is 1.54. The largest absolute Gasteiger partial charge is 0.497 e. The fourth-order valence-electron chi connectivity index (χ4n) is 2.41. The van der Waals surface area contributed by atoms with E-state index >= 15 is 0 Å². The average Bonchev–Trinajstić information content (AvgIpc) is 2.69. The monoisotopic (exact) mass is 348 g/mol. The van der Waals surface area contributed by atoms with Crippen LogP contribution in [0.3, 0.4) is 0 Å². The molecular formula is C20H20N4O2. The Labute approximate surface area is 152 Å². The number of benzene rings is 2. The summed E-state index contributed by atoms with van der Waals surface area (Å²) in [6.45, 7) is 0.550. The predicted octanol–water partition coefficient (Wildman–Crippen LogP) is 3.20.